The molecule has 1 amide bonds. The van der Waals surface area contributed by atoms with Gasteiger partial charge in [-0.1, -0.05) is 49.2 Å². The predicted octanol–water partition coefficient (Wildman–Crippen LogP) is 4.81. The van der Waals surface area contributed by atoms with Gasteiger partial charge in [-0.3, -0.25) is 14.5 Å². The highest BCUT2D eigenvalue weighted by molar-refractivity contribution is 7.92. The van der Waals surface area contributed by atoms with Crippen molar-refractivity contribution in [1.82, 2.24) is 10.3 Å². The van der Waals surface area contributed by atoms with Crippen LogP contribution in [0.4, 0.5) is 5.69 Å². The van der Waals surface area contributed by atoms with Gasteiger partial charge < -0.3 is 5.32 Å². The normalized spacial score (nSPS) is 11.4. The summed E-state index contributed by atoms with van der Waals surface area (Å²) >= 11 is 0. The zero-order valence-corrected chi connectivity index (χ0v) is 19.3. The van der Waals surface area contributed by atoms with Crippen LogP contribution in [0, 0.1) is 0 Å². The molecule has 0 aliphatic carbocycles. The van der Waals surface area contributed by atoms with Crippen molar-refractivity contribution in [2.45, 2.75) is 37.0 Å². The first-order valence-electron chi connectivity index (χ1n) is 11.1. The number of carbonyl (C=O) groups excluding carboxylic acids is 1. The molecule has 1 heterocycles. The molecule has 2 aromatic carbocycles. The summed E-state index contributed by atoms with van der Waals surface area (Å²) in [7, 11) is -3.61. The second kappa shape index (κ2) is 12.6. The van der Waals surface area contributed by atoms with E-state index < -0.39 is 10.0 Å². The van der Waals surface area contributed by atoms with Crippen LogP contribution in [0.1, 0.15) is 36.8 Å². The fourth-order valence-corrected chi connectivity index (χ4v) is 4.44. The van der Waals surface area contributed by atoms with Crippen molar-refractivity contribution in [3.8, 4) is 0 Å². The molecule has 3 rings (SSSR count). The molecular weight excluding hydrogens is 434 g/mol. The van der Waals surface area contributed by atoms with Crippen LogP contribution >= 0.6 is 0 Å². The number of nitrogens with one attached hydrogen (secondary N) is 2. The van der Waals surface area contributed by atoms with Gasteiger partial charge in [0.25, 0.3) is 10.0 Å². The highest BCUT2D eigenvalue weighted by atomic mass is 32.2. The third kappa shape index (κ3) is 8.54. The fourth-order valence-electron chi connectivity index (χ4n) is 3.31. The van der Waals surface area contributed by atoms with Gasteiger partial charge in [0.15, 0.2) is 0 Å². The highest BCUT2D eigenvalue weighted by Gasteiger charge is 2.14. The van der Waals surface area contributed by atoms with E-state index in [0.29, 0.717) is 12.2 Å². The molecule has 0 aliphatic rings. The molecule has 0 fully saturated rings. The summed E-state index contributed by atoms with van der Waals surface area (Å²) in [6, 6.07) is 19.7. The van der Waals surface area contributed by atoms with Crippen LogP contribution in [-0.4, -0.2) is 25.9 Å². The smallest absolute Gasteiger partial charge is 0.261 e. The van der Waals surface area contributed by atoms with E-state index in [1.54, 1.807) is 60.9 Å². The number of aryl methyl sites for hydroxylation is 1. The van der Waals surface area contributed by atoms with Gasteiger partial charge in [0.2, 0.25) is 5.91 Å². The quantitative estimate of drug-likeness (QED) is 0.298. The third-order valence-corrected chi connectivity index (χ3v) is 6.42. The number of pyridine rings is 1. The molecule has 6 nitrogen and oxygen atoms in total. The first-order valence-corrected chi connectivity index (χ1v) is 12.5. The summed E-state index contributed by atoms with van der Waals surface area (Å²) in [5.74, 6) is -0.110. The topological polar surface area (TPSA) is 88.2 Å². The molecule has 0 aliphatic heterocycles. The summed E-state index contributed by atoms with van der Waals surface area (Å²) in [6.07, 6.45) is 11.4. The molecule has 7 heteroatoms. The second-order valence-corrected chi connectivity index (χ2v) is 9.38. The molecule has 0 radical (unpaired) electrons. The third-order valence-electron chi connectivity index (χ3n) is 5.04. The minimum absolute atomic E-state index is 0.110. The van der Waals surface area contributed by atoms with Crippen molar-refractivity contribution >= 4 is 27.7 Å². The summed E-state index contributed by atoms with van der Waals surface area (Å²) in [5.41, 5.74) is 2.43. The standard InChI is InChI=1S/C26H29N3O3S/c30-26(17-16-23-12-9-18-27-21-23)28-19-7-2-1-4-10-22-11-8-15-25(20-22)33(31,32)29-24-13-5-3-6-14-24/h3,5-6,8-9,11-18,20-21,29H,1-2,4,7,10,19H2,(H,28,30)/b17-16+. The van der Waals surface area contributed by atoms with Gasteiger partial charge in [-0.2, -0.15) is 0 Å². The summed E-state index contributed by atoms with van der Waals surface area (Å²) < 4.78 is 27.9. The molecule has 33 heavy (non-hydrogen) atoms. The Kier molecular flexibility index (Phi) is 9.20. The molecule has 172 valence electrons. The van der Waals surface area contributed by atoms with Crippen LogP contribution in [0.15, 0.2) is 90.1 Å². The van der Waals surface area contributed by atoms with E-state index in [9.17, 15) is 13.2 Å². The van der Waals surface area contributed by atoms with E-state index in [4.69, 9.17) is 0 Å². The van der Waals surface area contributed by atoms with Crippen LogP contribution in [0.5, 0.6) is 0 Å². The fraction of sp³-hybridized carbons (Fsp3) is 0.231. The van der Waals surface area contributed by atoms with Gasteiger partial charge in [0.05, 0.1) is 4.90 Å². The lowest BCUT2D eigenvalue weighted by atomic mass is 10.1. The second-order valence-electron chi connectivity index (χ2n) is 7.69. The van der Waals surface area contributed by atoms with E-state index in [1.165, 1.54) is 6.08 Å². The van der Waals surface area contributed by atoms with Crippen molar-refractivity contribution in [3.05, 3.63) is 96.3 Å². The number of hydrogen-bond donors (Lipinski definition) is 2. The molecule has 0 unspecified atom stereocenters. The lowest BCUT2D eigenvalue weighted by molar-refractivity contribution is -0.116. The zero-order valence-electron chi connectivity index (χ0n) is 18.5. The van der Waals surface area contributed by atoms with Crippen LogP contribution in [0.3, 0.4) is 0 Å². The van der Waals surface area contributed by atoms with Gasteiger partial charge in [0, 0.05) is 30.7 Å². The Morgan fingerprint density at radius 2 is 1.73 bits per heavy atom. The van der Waals surface area contributed by atoms with E-state index in [1.807, 2.05) is 24.3 Å². The lowest BCUT2D eigenvalue weighted by Gasteiger charge is -2.09. The highest BCUT2D eigenvalue weighted by Crippen LogP contribution is 2.18. The van der Waals surface area contributed by atoms with Crippen LogP contribution < -0.4 is 10.0 Å². The number of nitrogens with zero attached hydrogens (tertiary/aromatic N) is 1. The van der Waals surface area contributed by atoms with Gasteiger partial charge in [-0.15, -0.1) is 0 Å². The van der Waals surface area contributed by atoms with Crippen molar-refractivity contribution in [2.24, 2.45) is 0 Å². The van der Waals surface area contributed by atoms with Gasteiger partial charge in [-0.05, 0) is 66.8 Å². The van der Waals surface area contributed by atoms with Crippen molar-refractivity contribution in [2.75, 3.05) is 11.3 Å². The molecule has 1 aromatic heterocycles. The Bertz CT molecular complexity index is 1150. The zero-order chi connectivity index (χ0) is 23.4. The Labute approximate surface area is 195 Å². The SMILES string of the molecule is O=C(/C=C/c1cccnc1)NCCCCCCc1cccc(S(=O)(=O)Nc2ccccc2)c1. The number of sulfonamides is 1. The largest absolute Gasteiger partial charge is 0.353 e. The van der Waals surface area contributed by atoms with Crippen LogP contribution in [0.2, 0.25) is 0 Å². The molecule has 0 saturated carbocycles. The van der Waals surface area contributed by atoms with Gasteiger partial charge in [0.1, 0.15) is 0 Å². The summed E-state index contributed by atoms with van der Waals surface area (Å²) in [4.78, 5) is 16.1. The van der Waals surface area contributed by atoms with Crippen molar-refractivity contribution in [3.63, 3.8) is 0 Å². The summed E-state index contributed by atoms with van der Waals surface area (Å²) in [6.45, 7) is 0.634. The maximum absolute atomic E-state index is 12.6. The number of anilines is 1. The number of amides is 1. The number of benzene rings is 2. The van der Waals surface area contributed by atoms with Crippen LogP contribution in [-0.2, 0) is 21.2 Å². The maximum atomic E-state index is 12.6. The number of hydrogen-bond acceptors (Lipinski definition) is 4. The minimum Gasteiger partial charge on any atom is -0.353 e. The Hall–Kier alpha value is -3.45. The molecule has 0 atom stereocenters. The molecule has 2 N–H and O–H groups in total. The summed E-state index contributed by atoms with van der Waals surface area (Å²) in [5, 5.41) is 2.89. The molecule has 0 saturated heterocycles. The number of unbranched alkanes of at least 4 members (excludes halogenated alkanes) is 3. The predicted molar refractivity (Wildman–Crippen MR) is 132 cm³/mol. The average Bonchev–Trinajstić information content (AvgIpc) is 2.83. The number of carbonyl (C=O) groups is 1. The first-order chi connectivity index (χ1) is 16.0. The van der Waals surface area contributed by atoms with Gasteiger partial charge >= 0.3 is 0 Å². The first kappa shape index (κ1) is 24.2. The van der Waals surface area contributed by atoms with E-state index >= 15 is 0 Å². The van der Waals surface area contributed by atoms with E-state index in [2.05, 4.69) is 15.0 Å². The van der Waals surface area contributed by atoms with Crippen LogP contribution in [0.25, 0.3) is 6.08 Å². The Morgan fingerprint density at radius 1 is 0.909 bits per heavy atom. The van der Waals surface area contributed by atoms with E-state index in [0.717, 1.165) is 43.2 Å². The van der Waals surface area contributed by atoms with Gasteiger partial charge in [-0.25, -0.2) is 8.42 Å². The monoisotopic (exact) mass is 463 g/mol. The van der Waals surface area contributed by atoms with Crippen molar-refractivity contribution in [1.29, 1.82) is 0 Å². The molecule has 3 aromatic rings. The molecule has 0 bridgehead atoms. The average molecular weight is 464 g/mol. The van der Waals surface area contributed by atoms with E-state index in [-0.39, 0.29) is 10.8 Å². The Morgan fingerprint density at radius 3 is 2.52 bits per heavy atom. The lowest BCUT2D eigenvalue weighted by Crippen LogP contribution is -2.21. The maximum Gasteiger partial charge on any atom is 0.261 e. The number of para-hydroxylation sites is 1. The molecule has 0 spiro atoms. The number of aromatic nitrogens is 1. The molecular formula is C26H29N3O3S. The Balaban J connectivity index is 1.35. The van der Waals surface area contributed by atoms with Crippen molar-refractivity contribution < 1.29 is 13.2 Å². The number of rotatable bonds is 12. The minimum atomic E-state index is -3.61.